The zero-order valence-electron chi connectivity index (χ0n) is 15.9. The summed E-state index contributed by atoms with van der Waals surface area (Å²) in [5.41, 5.74) is 2.24. The molecule has 1 saturated heterocycles. The Hall–Kier alpha value is -1.63. The largest absolute Gasteiger partial charge is 0.491 e. The molecule has 0 aromatic heterocycles. The number of aliphatic hydroxyl groups is 1. The summed E-state index contributed by atoms with van der Waals surface area (Å²) in [5.74, 6) is 0.985. The fraction of sp³-hybridized carbons (Fsp3) is 0.650. The molecule has 26 heavy (non-hydrogen) atoms. The molecule has 6 heteroatoms. The summed E-state index contributed by atoms with van der Waals surface area (Å²) in [4.78, 5) is 16.3. The first-order chi connectivity index (χ1) is 12.5. The topological polar surface area (TPSA) is 65.0 Å². The Morgan fingerprint density at radius 1 is 1.23 bits per heavy atom. The number of aryl methyl sites for hydroxylation is 2. The van der Waals surface area contributed by atoms with Crippen molar-refractivity contribution in [2.24, 2.45) is 0 Å². The number of ether oxygens (including phenoxy) is 1. The fourth-order valence-electron chi connectivity index (χ4n) is 3.23. The molecule has 1 aromatic rings. The van der Waals surface area contributed by atoms with Crippen LogP contribution in [0, 0.1) is 13.8 Å². The summed E-state index contributed by atoms with van der Waals surface area (Å²) < 4.78 is 5.80. The number of piperazine rings is 1. The van der Waals surface area contributed by atoms with Crippen LogP contribution in [-0.2, 0) is 4.79 Å². The first-order valence-corrected chi connectivity index (χ1v) is 9.62. The summed E-state index contributed by atoms with van der Waals surface area (Å²) in [7, 11) is 0. The van der Waals surface area contributed by atoms with Crippen molar-refractivity contribution in [1.82, 2.24) is 15.1 Å². The van der Waals surface area contributed by atoms with Gasteiger partial charge in [0.25, 0.3) is 0 Å². The predicted octanol–water partition coefficient (Wildman–Crippen LogP) is 0.939. The van der Waals surface area contributed by atoms with E-state index in [2.05, 4.69) is 21.2 Å². The molecule has 1 saturated carbocycles. The second-order valence-corrected chi connectivity index (χ2v) is 7.65. The van der Waals surface area contributed by atoms with E-state index < -0.39 is 6.10 Å². The van der Waals surface area contributed by atoms with Gasteiger partial charge in [0.2, 0.25) is 5.91 Å². The predicted molar refractivity (Wildman–Crippen MR) is 101 cm³/mol. The van der Waals surface area contributed by atoms with Gasteiger partial charge in [0.1, 0.15) is 18.5 Å². The Morgan fingerprint density at radius 2 is 1.92 bits per heavy atom. The van der Waals surface area contributed by atoms with E-state index in [4.69, 9.17) is 4.74 Å². The molecule has 0 radical (unpaired) electrons. The van der Waals surface area contributed by atoms with Crippen molar-refractivity contribution in [2.45, 2.75) is 38.8 Å². The number of nitrogens with zero attached hydrogens (tertiary/aromatic N) is 2. The van der Waals surface area contributed by atoms with Gasteiger partial charge in [-0.2, -0.15) is 0 Å². The molecule has 2 fully saturated rings. The molecular formula is C20H31N3O3. The van der Waals surface area contributed by atoms with Crippen molar-refractivity contribution >= 4 is 5.91 Å². The number of rotatable bonds is 8. The van der Waals surface area contributed by atoms with Crippen LogP contribution in [0.3, 0.4) is 0 Å². The lowest BCUT2D eigenvalue weighted by Gasteiger charge is -2.35. The lowest BCUT2D eigenvalue weighted by atomic mass is 10.1. The lowest BCUT2D eigenvalue weighted by Crippen LogP contribution is -2.51. The third-order valence-corrected chi connectivity index (χ3v) is 5.02. The molecule has 1 atom stereocenters. The molecular weight excluding hydrogens is 330 g/mol. The molecule has 1 aliphatic heterocycles. The van der Waals surface area contributed by atoms with Crippen LogP contribution in [0.4, 0.5) is 0 Å². The number of carbonyl (C=O) groups excluding carboxylic acids is 1. The van der Waals surface area contributed by atoms with Crippen LogP contribution < -0.4 is 10.1 Å². The van der Waals surface area contributed by atoms with Gasteiger partial charge in [-0.3, -0.25) is 14.6 Å². The minimum atomic E-state index is -0.514. The zero-order chi connectivity index (χ0) is 18.5. The smallest absolute Gasteiger partial charge is 0.234 e. The molecule has 6 nitrogen and oxygen atoms in total. The van der Waals surface area contributed by atoms with E-state index in [9.17, 15) is 9.90 Å². The molecule has 1 aromatic carbocycles. The van der Waals surface area contributed by atoms with E-state index in [0.29, 0.717) is 25.7 Å². The van der Waals surface area contributed by atoms with Gasteiger partial charge in [0, 0.05) is 38.8 Å². The molecule has 144 valence electrons. The third kappa shape index (κ3) is 5.97. The molecule has 1 heterocycles. The fourth-order valence-corrected chi connectivity index (χ4v) is 3.23. The lowest BCUT2D eigenvalue weighted by molar-refractivity contribution is -0.122. The maximum atomic E-state index is 11.9. The maximum absolute atomic E-state index is 11.9. The number of hydrogen-bond donors (Lipinski definition) is 2. The number of hydrogen-bond acceptors (Lipinski definition) is 5. The highest BCUT2D eigenvalue weighted by molar-refractivity contribution is 5.78. The zero-order valence-corrected chi connectivity index (χ0v) is 15.9. The van der Waals surface area contributed by atoms with E-state index in [1.165, 1.54) is 0 Å². The van der Waals surface area contributed by atoms with Crippen LogP contribution in [0.25, 0.3) is 0 Å². The normalized spacial score (nSPS) is 20.0. The quantitative estimate of drug-likeness (QED) is 0.721. The van der Waals surface area contributed by atoms with Gasteiger partial charge < -0.3 is 15.2 Å². The summed E-state index contributed by atoms with van der Waals surface area (Å²) in [6, 6.07) is 6.53. The van der Waals surface area contributed by atoms with E-state index in [1.807, 2.05) is 26.0 Å². The minimum Gasteiger partial charge on any atom is -0.491 e. The van der Waals surface area contributed by atoms with Gasteiger partial charge >= 0.3 is 0 Å². The van der Waals surface area contributed by atoms with Crippen LogP contribution in [0.2, 0.25) is 0 Å². The first-order valence-electron chi connectivity index (χ1n) is 9.62. The number of carbonyl (C=O) groups is 1. The van der Waals surface area contributed by atoms with E-state index in [-0.39, 0.29) is 5.91 Å². The molecule has 0 bridgehead atoms. The maximum Gasteiger partial charge on any atom is 0.234 e. The standard InChI is InChI=1S/C20H31N3O3/c1-15-3-4-16(2)19(11-15)26-14-18(24)12-22-7-9-23(10-8-22)13-20(25)21-17-5-6-17/h3-4,11,17-18,24H,5-10,12-14H2,1-2H3,(H,21,25)/t18-/m1/s1. The molecule has 1 aliphatic carbocycles. The van der Waals surface area contributed by atoms with Crippen molar-refractivity contribution in [1.29, 1.82) is 0 Å². The highest BCUT2D eigenvalue weighted by Crippen LogP contribution is 2.19. The van der Waals surface area contributed by atoms with Crippen molar-refractivity contribution in [2.75, 3.05) is 45.9 Å². The Kier molecular flexibility index (Phi) is 6.51. The molecule has 1 amide bonds. The average Bonchev–Trinajstić information content (AvgIpc) is 3.41. The van der Waals surface area contributed by atoms with Crippen LogP contribution in [-0.4, -0.2) is 78.8 Å². The van der Waals surface area contributed by atoms with Gasteiger partial charge in [-0.05, 0) is 43.9 Å². The molecule has 0 spiro atoms. The Labute approximate surface area is 156 Å². The van der Waals surface area contributed by atoms with Crippen LogP contribution >= 0.6 is 0 Å². The Morgan fingerprint density at radius 3 is 2.62 bits per heavy atom. The van der Waals surface area contributed by atoms with Crippen molar-refractivity contribution < 1.29 is 14.6 Å². The van der Waals surface area contributed by atoms with E-state index in [0.717, 1.165) is 55.9 Å². The average molecular weight is 361 g/mol. The molecule has 2 aliphatic rings. The van der Waals surface area contributed by atoms with Crippen molar-refractivity contribution in [3.05, 3.63) is 29.3 Å². The van der Waals surface area contributed by atoms with Crippen LogP contribution in [0.1, 0.15) is 24.0 Å². The second kappa shape index (κ2) is 8.84. The van der Waals surface area contributed by atoms with Gasteiger partial charge in [0.05, 0.1) is 6.54 Å². The highest BCUT2D eigenvalue weighted by atomic mass is 16.5. The summed E-state index contributed by atoms with van der Waals surface area (Å²) in [6.07, 6.45) is 1.74. The number of β-amino-alcohol motifs (C(OH)–C–C–N with tert-alkyl or cyclic N) is 1. The van der Waals surface area contributed by atoms with E-state index >= 15 is 0 Å². The van der Waals surface area contributed by atoms with Crippen molar-refractivity contribution in [3.63, 3.8) is 0 Å². The first kappa shape index (κ1) is 19.1. The SMILES string of the molecule is Cc1ccc(C)c(OC[C@H](O)CN2CCN(CC(=O)NC3CC3)CC2)c1. The monoisotopic (exact) mass is 361 g/mol. The summed E-state index contributed by atoms with van der Waals surface area (Å²) >= 11 is 0. The highest BCUT2D eigenvalue weighted by Gasteiger charge is 2.25. The number of nitrogens with one attached hydrogen (secondary N) is 1. The Balaban J connectivity index is 1.34. The molecule has 2 N–H and O–H groups in total. The van der Waals surface area contributed by atoms with Crippen LogP contribution in [0.5, 0.6) is 5.75 Å². The number of benzene rings is 1. The van der Waals surface area contributed by atoms with E-state index in [1.54, 1.807) is 0 Å². The summed E-state index contributed by atoms with van der Waals surface area (Å²) in [5, 5.41) is 13.3. The molecule has 3 rings (SSSR count). The Bertz CT molecular complexity index is 610. The van der Waals surface area contributed by atoms with Gasteiger partial charge in [-0.15, -0.1) is 0 Å². The second-order valence-electron chi connectivity index (χ2n) is 7.65. The van der Waals surface area contributed by atoms with Crippen molar-refractivity contribution in [3.8, 4) is 5.75 Å². The number of aliphatic hydroxyl groups excluding tert-OH is 1. The third-order valence-electron chi connectivity index (χ3n) is 5.02. The van der Waals surface area contributed by atoms with Gasteiger partial charge in [-0.25, -0.2) is 0 Å². The van der Waals surface area contributed by atoms with Gasteiger partial charge in [0.15, 0.2) is 0 Å². The minimum absolute atomic E-state index is 0.142. The molecule has 0 unspecified atom stereocenters. The van der Waals surface area contributed by atoms with Gasteiger partial charge in [-0.1, -0.05) is 12.1 Å². The van der Waals surface area contributed by atoms with Crippen LogP contribution in [0.15, 0.2) is 18.2 Å². The number of amides is 1. The summed E-state index contributed by atoms with van der Waals surface area (Å²) in [6.45, 7) is 8.91.